The highest BCUT2D eigenvalue weighted by Crippen LogP contribution is 2.23. The van der Waals surface area contributed by atoms with E-state index in [1.165, 1.54) is 16.3 Å². The van der Waals surface area contributed by atoms with Crippen LogP contribution in [-0.4, -0.2) is 19.0 Å². The van der Waals surface area contributed by atoms with Crippen molar-refractivity contribution in [1.29, 1.82) is 0 Å². The Morgan fingerprint density at radius 3 is 2.68 bits per heavy atom. The van der Waals surface area contributed by atoms with E-state index < -0.39 is 0 Å². The average Bonchev–Trinajstić information content (AvgIpc) is 2.64. The van der Waals surface area contributed by atoms with E-state index >= 15 is 0 Å². The molecular formula is C25H32N2O. The van der Waals surface area contributed by atoms with Gasteiger partial charge in [0, 0.05) is 32.0 Å². The van der Waals surface area contributed by atoms with Gasteiger partial charge in [0.05, 0.1) is 0 Å². The summed E-state index contributed by atoms with van der Waals surface area (Å²) < 4.78 is 0. The van der Waals surface area contributed by atoms with E-state index in [1.807, 2.05) is 12.2 Å². The average molecular weight is 377 g/mol. The lowest BCUT2D eigenvalue weighted by Gasteiger charge is -2.16. The van der Waals surface area contributed by atoms with Crippen molar-refractivity contribution in [3.05, 3.63) is 60.2 Å². The number of carbonyl (C=O) groups is 1. The lowest BCUT2D eigenvalue weighted by molar-refractivity contribution is -0.122. The highest BCUT2D eigenvalue weighted by atomic mass is 16.1. The summed E-state index contributed by atoms with van der Waals surface area (Å²) in [7, 11) is 0. The van der Waals surface area contributed by atoms with Crippen LogP contribution >= 0.6 is 0 Å². The van der Waals surface area contributed by atoms with Gasteiger partial charge in [0.25, 0.3) is 0 Å². The zero-order valence-corrected chi connectivity index (χ0v) is 17.5. The molecule has 0 aliphatic heterocycles. The molecule has 0 saturated heterocycles. The van der Waals surface area contributed by atoms with Gasteiger partial charge in [0.2, 0.25) is 5.91 Å². The summed E-state index contributed by atoms with van der Waals surface area (Å²) in [6.45, 7) is 9.74. The van der Waals surface area contributed by atoms with E-state index in [4.69, 9.17) is 0 Å². The van der Waals surface area contributed by atoms with E-state index in [0.29, 0.717) is 19.4 Å². The first-order chi connectivity index (χ1) is 13.4. The Bertz CT molecular complexity index is 860. The van der Waals surface area contributed by atoms with Gasteiger partial charge in [-0.3, -0.25) is 4.79 Å². The van der Waals surface area contributed by atoms with Gasteiger partial charge in [-0.25, -0.2) is 0 Å². The first-order valence-corrected chi connectivity index (χ1v) is 9.98. The van der Waals surface area contributed by atoms with Gasteiger partial charge in [-0.15, -0.1) is 0 Å². The summed E-state index contributed by atoms with van der Waals surface area (Å²) in [5.41, 5.74) is 1.33. The minimum Gasteiger partial charge on any atom is -0.355 e. The van der Waals surface area contributed by atoms with Crippen LogP contribution in [0.15, 0.2) is 54.6 Å². The molecule has 0 saturated carbocycles. The molecule has 0 aliphatic rings. The fraction of sp³-hybridized carbons (Fsp3) is 0.400. The molecule has 2 aromatic carbocycles. The number of fused-ring (bicyclic) bond motifs is 1. The third-order valence-electron chi connectivity index (χ3n) is 4.40. The summed E-state index contributed by atoms with van der Waals surface area (Å²) in [4.78, 5) is 11.7. The predicted molar refractivity (Wildman–Crippen MR) is 119 cm³/mol. The molecule has 3 heteroatoms. The lowest BCUT2D eigenvalue weighted by Crippen LogP contribution is -2.28. The van der Waals surface area contributed by atoms with Gasteiger partial charge in [-0.2, -0.15) is 0 Å². The van der Waals surface area contributed by atoms with Crippen LogP contribution < -0.4 is 10.6 Å². The van der Waals surface area contributed by atoms with E-state index in [1.54, 1.807) is 0 Å². The van der Waals surface area contributed by atoms with Crippen LogP contribution in [0.2, 0.25) is 0 Å². The van der Waals surface area contributed by atoms with Crippen LogP contribution in [0.25, 0.3) is 10.8 Å². The van der Waals surface area contributed by atoms with Crippen LogP contribution in [0, 0.1) is 17.3 Å². The smallest absolute Gasteiger partial charge is 0.220 e. The van der Waals surface area contributed by atoms with E-state index in [2.05, 4.69) is 92.6 Å². The monoisotopic (exact) mass is 376 g/mol. The standard InChI is InChI=1S/C25H32N2O/c1-20(22-16-12-14-21-13-8-9-15-23(21)22)26-17-10-6-5-7-11-18-27-24(28)19-25(2,3)4/h6,8-10,12-16,20,26H,11,17-19H2,1-4H3,(H,27,28)/t20-/m1/s1. The molecule has 2 aromatic rings. The number of amides is 1. The summed E-state index contributed by atoms with van der Waals surface area (Å²) in [6.07, 6.45) is 5.12. The van der Waals surface area contributed by atoms with Crippen LogP contribution in [-0.2, 0) is 4.79 Å². The maximum Gasteiger partial charge on any atom is 0.220 e. The van der Waals surface area contributed by atoms with Gasteiger partial charge in [-0.05, 0) is 34.8 Å². The highest BCUT2D eigenvalue weighted by molar-refractivity contribution is 5.86. The molecular weight excluding hydrogens is 344 g/mol. The molecule has 0 fully saturated rings. The number of allylic oxidation sites excluding steroid dienone is 1. The van der Waals surface area contributed by atoms with Crippen molar-refractivity contribution in [3.63, 3.8) is 0 Å². The van der Waals surface area contributed by atoms with Crippen molar-refractivity contribution in [2.45, 2.75) is 46.6 Å². The minimum absolute atomic E-state index is 0.0225. The quantitative estimate of drug-likeness (QED) is 0.528. The second-order valence-electron chi connectivity index (χ2n) is 8.26. The normalized spacial score (nSPS) is 12.6. The summed E-state index contributed by atoms with van der Waals surface area (Å²) in [5, 5.41) is 8.99. The van der Waals surface area contributed by atoms with E-state index in [-0.39, 0.29) is 17.4 Å². The van der Waals surface area contributed by atoms with Crippen LogP contribution in [0.5, 0.6) is 0 Å². The number of nitrogens with one attached hydrogen (secondary N) is 2. The number of hydrogen-bond donors (Lipinski definition) is 2. The Morgan fingerprint density at radius 2 is 1.89 bits per heavy atom. The first kappa shape index (κ1) is 21.7. The minimum atomic E-state index is 0.0225. The van der Waals surface area contributed by atoms with Gasteiger partial charge in [0.15, 0.2) is 0 Å². The highest BCUT2D eigenvalue weighted by Gasteiger charge is 2.14. The third-order valence-corrected chi connectivity index (χ3v) is 4.40. The number of carbonyl (C=O) groups excluding carboxylic acids is 1. The van der Waals surface area contributed by atoms with E-state index in [0.717, 1.165) is 6.54 Å². The molecule has 0 bridgehead atoms. The SMILES string of the molecule is C[C@@H](NCC=CC#CCCNC(=O)CC(C)(C)C)c1cccc2ccccc12. The Labute approximate surface area is 169 Å². The Hall–Kier alpha value is -2.57. The fourth-order valence-electron chi connectivity index (χ4n) is 3.04. The van der Waals surface area contributed by atoms with Crippen LogP contribution in [0.4, 0.5) is 0 Å². The summed E-state index contributed by atoms with van der Waals surface area (Å²) >= 11 is 0. The van der Waals surface area contributed by atoms with Crippen LogP contribution in [0.1, 0.15) is 52.1 Å². The molecule has 148 valence electrons. The molecule has 3 nitrogen and oxygen atoms in total. The maximum atomic E-state index is 11.7. The zero-order chi connectivity index (χ0) is 20.4. The van der Waals surface area contributed by atoms with Crippen molar-refractivity contribution >= 4 is 16.7 Å². The summed E-state index contributed by atoms with van der Waals surface area (Å²) in [5.74, 6) is 6.19. The third kappa shape index (κ3) is 7.58. The lowest BCUT2D eigenvalue weighted by atomic mass is 9.92. The van der Waals surface area contributed by atoms with E-state index in [9.17, 15) is 4.79 Å². The van der Waals surface area contributed by atoms with Crippen LogP contribution in [0.3, 0.4) is 0 Å². The van der Waals surface area contributed by atoms with Crippen molar-refractivity contribution in [2.24, 2.45) is 5.41 Å². The number of hydrogen-bond acceptors (Lipinski definition) is 2. The van der Waals surface area contributed by atoms with Crippen molar-refractivity contribution in [2.75, 3.05) is 13.1 Å². The Morgan fingerprint density at radius 1 is 1.14 bits per heavy atom. The fourth-order valence-corrected chi connectivity index (χ4v) is 3.04. The Balaban J connectivity index is 1.70. The maximum absolute atomic E-state index is 11.7. The molecule has 0 aliphatic carbocycles. The van der Waals surface area contributed by atoms with Gasteiger partial charge >= 0.3 is 0 Å². The molecule has 1 amide bonds. The Kier molecular flexibility index (Phi) is 8.29. The first-order valence-electron chi connectivity index (χ1n) is 9.98. The van der Waals surface area contributed by atoms with Gasteiger partial charge in [0.1, 0.15) is 0 Å². The zero-order valence-electron chi connectivity index (χ0n) is 17.5. The van der Waals surface area contributed by atoms with Crippen molar-refractivity contribution in [1.82, 2.24) is 10.6 Å². The second kappa shape index (κ2) is 10.7. The largest absolute Gasteiger partial charge is 0.355 e. The molecule has 2 rings (SSSR count). The molecule has 0 spiro atoms. The number of benzene rings is 2. The molecule has 2 N–H and O–H groups in total. The molecule has 0 radical (unpaired) electrons. The number of rotatable bonds is 7. The van der Waals surface area contributed by atoms with Crippen molar-refractivity contribution in [3.8, 4) is 11.8 Å². The second-order valence-corrected chi connectivity index (χ2v) is 8.26. The van der Waals surface area contributed by atoms with Crippen molar-refractivity contribution < 1.29 is 4.79 Å². The molecule has 28 heavy (non-hydrogen) atoms. The predicted octanol–water partition coefficient (Wildman–Crippen LogP) is 4.99. The van der Waals surface area contributed by atoms with Gasteiger partial charge < -0.3 is 10.6 Å². The molecule has 1 atom stereocenters. The van der Waals surface area contributed by atoms with Gasteiger partial charge in [-0.1, -0.05) is 81.2 Å². The molecule has 0 heterocycles. The topological polar surface area (TPSA) is 41.1 Å². The molecule has 0 aromatic heterocycles. The molecule has 0 unspecified atom stereocenters. The summed E-state index contributed by atoms with van der Waals surface area (Å²) in [6, 6.07) is 15.2.